The van der Waals surface area contributed by atoms with Gasteiger partial charge in [-0.15, -0.1) is 0 Å². The van der Waals surface area contributed by atoms with Crippen LogP contribution in [0.25, 0.3) is 0 Å². The van der Waals surface area contributed by atoms with Gasteiger partial charge in [-0.1, -0.05) is 19.9 Å². The highest BCUT2D eigenvalue weighted by Crippen LogP contribution is 2.32. The van der Waals surface area contributed by atoms with E-state index in [1.54, 1.807) is 12.1 Å². The molecule has 1 aromatic carbocycles. The third-order valence-electron chi connectivity index (χ3n) is 2.70. The fourth-order valence-electron chi connectivity index (χ4n) is 2.08. The first kappa shape index (κ1) is 10.3. The highest BCUT2D eigenvalue weighted by Gasteiger charge is 2.20. The van der Waals surface area contributed by atoms with E-state index in [0.717, 1.165) is 18.7 Å². The van der Waals surface area contributed by atoms with Crippen molar-refractivity contribution in [3.63, 3.8) is 0 Å². The molecule has 0 aliphatic carbocycles. The molecular weight excluding hydrogens is 188 g/mol. The van der Waals surface area contributed by atoms with E-state index >= 15 is 0 Å². The fourth-order valence-corrected chi connectivity index (χ4v) is 2.08. The summed E-state index contributed by atoms with van der Waals surface area (Å²) in [7, 11) is 0. The first-order chi connectivity index (χ1) is 7.16. The predicted molar refractivity (Wildman–Crippen MR) is 62.2 cm³/mol. The SMILES string of the molecule is CC(C)NC1CCNc2cc(O)ccc21. The van der Waals surface area contributed by atoms with Crippen molar-refractivity contribution in [2.75, 3.05) is 11.9 Å². The molecule has 0 saturated heterocycles. The average molecular weight is 206 g/mol. The van der Waals surface area contributed by atoms with Crippen LogP contribution in [0.4, 0.5) is 5.69 Å². The molecule has 1 heterocycles. The molecule has 0 bridgehead atoms. The molecule has 15 heavy (non-hydrogen) atoms. The van der Waals surface area contributed by atoms with Crippen molar-refractivity contribution in [2.45, 2.75) is 32.4 Å². The van der Waals surface area contributed by atoms with Gasteiger partial charge in [0.1, 0.15) is 5.75 Å². The van der Waals surface area contributed by atoms with Crippen LogP contribution in [-0.2, 0) is 0 Å². The van der Waals surface area contributed by atoms with Gasteiger partial charge in [-0.05, 0) is 18.1 Å². The van der Waals surface area contributed by atoms with E-state index in [2.05, 4.69) is 24.5 Å². The molecule has 0 radical (unpaired) electrons. The van der Waals surface area contributed by atoms with Crippen molar-refractivity contribution in [1.82, 2.24) is 5.32 Å². The van der Waals surface area contributed by atoms with E-state index in [1.807, 2.05) is 6.07 Å². The number of aromatic hydroxyl groups is 1. The van der Waals surface area contributed by atoms with Crippen molar-refractivity contribution < 1.29 is 5.11 Å². The van der Waals surface area contributed by atoms with Gasteiger partial charge in [0, 0.05) is 30.4 Å². The molecule has 1 unspecified atom stereocenters. The third-order valence-corrected chi connectivity index (χ3v) is 2.70. The second-order valence-electron chi connectivity index (χ2n) is 4.36. The molecule has 1 aliphatic rings. The van der Waals surface area contributed by atoms with Crippen LogP contribution in [0.15, 0.2) is 18.2 Å². The zero-order chi connectivity index (χ0) is 10.8. The Morgan fingerprint density at radius 3 is 3.00 bits per heavy atom. The van der Waals surface area contributed by atoms with Gasteiger partial charge in [0.15, 0.2) is 0 Å². The molecule has 1 aromatic rings. The lowest BCUT2D eigenvalue weighted by molar-refractivity contribution is 0.449. The van der Waals surface area contributed by atoms with E-state index in [-0.39, 0.29) is 0 Å². The lowest BCUT2D eigenvalue weighted by Crippen LogP contribution is -2.32. The van der Waals surface area contributed by atoms with E-state index < -0.39 is 0 Å². The first-order valence-corrected chi connectivity index (χ1v) is 5.49. The lowest BCUT2D eigenvalue weighted by Gasteiger charge is -2.29. The molecule has 0 saturated carbocycles. The van der Waals surface area contributed by atoms with Crippen LogP contribution in [0, 0.1) is 0 Å². The van der Waals surface area contributed by atoms with Crippen molar-refractivity contribution in [2.24, 2.45) is 0 Å². The van der Waals surface area contributed by atoms with Crippen LogP contribution >= 0.6 is 0 Å². The number of benzene rings is 1. The normalized spacial score (nSPS) is 19.8. The fraction of sp³-hybridized carbons (Fsp3) is 0.500. The Balaban J connectivity index is 2.26. The van der Waals surface area contributed by atoms with Gasteiger partial charge in [-0.3, -0.25) is 0 Å². The highest BCUT2D eigenvalue weighted by molar-refractivity contribution is 5.57. The summed E-state index contributed by atoms with van der Waals surface area (Å²) in [5, 5.41) is 16.2. The molecule has 0 spiro atoms. The summed E-state index contributed by atoms with van der Waals surface area (Å²) in [5.41, 5.74) is 2.31. The second kappa shape index (κ2) is 4.11. The summed E-state index contributed by atoms with van der Waals surface area (Å²) >= 11 is 0. The number of hydrogen-bond acceptors (Lipinski definition) is 3. The lowest BCUT2D eigenvalue weighted by atomic mass is 9.97. The van der Waals surface area contributed by atoms with Crippen LogP contribution in [0.2, 0.25) is 0 Å². The number of phenols is 1. The summed E-state index contributed by atoms with van der Waals surface area (Å²) in [5.74, 6) is 0.325. The van der Waals surface area contributed by atoms with Crippen molar-refractivity contribution >= 4 is 5.69 Å². The Labute approximate surface area is 90.5 Å². The molecule has 0 fully saturated rings. The number of rotatable bonds is 2. The number of nitrogens with one attached hydrogen (secondary N) is 2. The summed E-state index contributed by atoms with van der Waals surface area (Å²) in [6.45, 7) is 5.27. The van der Waals surface area contributed by atoms with Crippen molar-refractivity contribution in [3.05, 3.63) is 23.8 Å². The van der Waals surface area contributed by atoms with Gasteiger partial charge in [-0.25, -0.2) is 0 Å². The van der Waals surface area contributed by atoms with E-state index in [1.165, 1.54) is 5.56 Å². The molecular formula is C12H18N2O. The highest BCUT2D eigenvalue weighted by atomic mass is 16.3. The maximum absolute atomic E-state index is 9.40. The minimum atomic E-state index is 0.325. The van der Waals surface area contributed by atoms with Crippen molar-refractivity contribution in [1.29, 1.82) is 0 Å². The van der Waals surface area contributed by atoms with Crippen LogP contribution < -0.4 is 10.6 Å². The van der Waals surface area contributed by atoms with Crippen molar-refractivity contribution in [3.8, 4) is 5.75 Å². The summed E-state index contributed by atoms with van der Waals surface area (Å²) < 4.78 is 0. The minimum Gasteiger partial charge on any atom is -0.508 e. The molecule has 0 amide bonds. The largest absolute Gasteiger partial charge is 0.508 e. The quantitative estimate of drug-likeness (QED) is 0.695. The van der Waals surface area contributed by atoms with Gasteiger partial charge in [0.25, 0.3) is 0 Å². The van der Waals surface area contributed by atoms with Gasteiger partial charge in [-0.2, -0.15) is 0 Å². The standard InChI is InChI=1S/C12H18N2O/c1-8(2)14-11-5-6-13-12-7-9(15)3-4-10(11)12/h3-4,7-8,11,13-15H,5-6H2,1-2H3. The maximum Gasteiger partial charge on any atom is 0.117 e. The van der Waals surface area contributed by atoms with E-state index in [9.17, 15) is 5.11 Å². The molecule has 3 heteroatoms. The van der Waals surface area contributed by atoms with E-state index in [0.29, 0.717) is 17.8 Å². The smallest absolute Gasteiger partial charge is 0.117 e. The maximum atomic E-state index is 9.40. The molecule has 3 N–H and O–H groups in total. The molecule has 82 valence electrons. The summed E-state index contributed by atoms with van der Waals surface area (Å²) in [6, 6.07) is 6.43. The Hall–Kier alpha value is -1.22. The van der Waals surface area contributed by atoms with Crippen LogP contribution in [0.5, 0.6) is 5.75 Å². The number of anilines is 1. The molecule has 1 aliphatic heterocycles. The minimum absolute atomic E-state index is 0.325. The monoisotopic (exact) mass is 206 g/mol. The van der Waals surface area contributed by atoms with Gasteiger partial charge >= 0.3 is 0 Å². The average Bonchev–Trinajstić information content (AvgIpc) is 2.16. The van der Waals surface area contributed by atoms with Gasteiger partial charge in [0.2, 0.25) is 0 Å². The summed E-state index contributed by atoms with van der Waals surface area (Å²) in [4.78, 5) is 0. The molecule has 0 aromatic heterocycles. The molecule has 2 rings (SSSR count). The molecule has 1 atom stereocenters. The molecule has 3 nitrogen and oxygen atoms in total. The Bertz CT molecular complexity index is 349. The number of hydrogen-bond donors (Lipinski definition) is 3. The summed E-state index contributed by atoms with van der Waals surface area (Å²) in [6.07, 6.45) is 1.09. The van der Waals surface area contributed by atoms with E-state index in [4.69, 9.17) is 0 Å². The van der Waals surface area contributed by atoms with Crippen LogP contribution in [0.1, 0.15) is 31.9 Å². The van der Waals surface area contributed by atoms with Crippen LogP contribution in [0.3, 0.4) is 0 Å². The Morgan fingerprint density at radius 1 is 1.47 bits per heavy atom. The zero-order valence-electron chi connectivity index (χ0n) is 9.25. The van der Waals surface area contributed by atoms with Gasteiger partial charge in [0.05, 0.1) is 0 Å². The third kappa shape index (κ3) is 2.23. The topological polar surface area (TPSA) is 44.3 Å². The first-order valence-electron chi connectivity index (χ1n) is 5.49. The predicted octanol–water partition coefficient (Wildman–Crippen LogP) is 2.25. The Kier molecular flexibility index (Phi) is 2.82. The number of fused-ring (bicyclic) bond motifs is 1. The number of phenolic OH excluding ortho intramolecular Hbond substituents is 1. The Morgan fingerprint density at radius 2 is 2.27 bits per heavy atom. The van der Waals surface area contributed by atoms with Crippen LogP contribution in [-0.4, -0.2) is 17.7 Å². The second-order valence-corrected chi connectivity index (χ2v) is 4.36. The zero-order valence-corrected chi connectivity index (χ0v) is 9.25. The van der Waals surface area contributed by atoms with Gasteiger partial charge < -0.3 is 15.7 Å².